The molecule has 3 rings (SSSR count). The largest absolute Gasteiger partial charge is 0.493 e. The van der Waals surface area contributed by atoms with Crippen molar-refractivity contribution in [2.75, 3.05) is 11.9 Å². The van der Waals surface area contributed by atoms with E-state index in [1.807, 2.05) is 0 Å². The highest BCUT2D eigenvalue weighted by Gasteiger charge is 2.24. The van der Waals surface area contributed by atoms with Crippen LogP contribution >= 0.6 is 0 Å². The number of nitrogens with one attached hydrogen (secondary N) is 1. The summed E-state index contributed by atoms with van der Waals surface area (Å²) in [6.45, 7) is 2.71. The molecule has 0 spiro atoms. The Balaban J connectivity index is 2.06. The number of nitrogens with zero attached hydrogens (tertiary/aromatic N) is 1. The van der Waals surface area contributed by atoms with E-state index < -0.39 is 11.7 Å². The summed E-state index contributed by atoms with van der Waals surface area (Å²) in [7, 11) is 0. The van der Waals surface area contributed by atoms with Gasteiger partial charge in [0.25, 0.3) is 11.5 Å². The van der Waals surface area contributed by atoms with Crippen molar-refractivity contribution in [3.8, 4) is 5.75 Å². The number of ether oxygens (including phenoxy) is 1. The number of benzene rings is 1. The van der Waals surface area contributed by atoms with Gasteiger partial charge in [-0.2, -0.15) is 0 Å². The van der Waals surface area contributed by atoms with Crippen molar-refractivity contribution in [1.82, 2.24) is 4.57 Å². The number of hydrogen-bond acceptors (Lipinski definition) is 3. The van der Waals surface area contributed by atoms with Gasteiger partial charge in [0.15, 0.2) is 0 Å². The molecule has 1 aromatic carbocycles. The van der Waals surface area contributed by atoms with Crippen LogP contribution in [0.15, 0.2) is 35.1 Å². The first-order valence-corrected chi connectivity index (χ1v) is 8.07. The van der Waals surface area contributed by atoms with Crippen LogP contribution in [0, 0.1) is 5.82 Å². The van der Waals surface area contributed by atoms with Gasteiger partial charge in [-0.3, -0.25) is 9.59 Å². The molecule has 0 radical (unpaired) electrons. The number of amides is 1. The van der Waals surface area contributed by atoms with E-state index in [9.17, 15) is 14.0 Å². The maximum absolute atomic E-state index is 13.8. The predicted octanol–water partition coefficient (Wildman–Crippen LogP) is 2.97. The van der Waals surface area contributed by atoms with Gasteiger partial charge in [-0.1, -0.05) is 12.1 Å². The topological polar surface area (TPSA) is 60.3 Å². The Hall–Kier alpha value is -2.63. The first-order valence-electron chi connectivity index (χ1n) is 8.07. The molecule has 2 aromatic rings. The van der Waals surface area contributed by atoms with E-state index in [1.54, 1.807) is 23.6 Å². The number of fused-ring (bicyclic) bond motifs is 1. The van der Waals surface area contributed by atoms with Gasteiger partial charge in [-0.15, -0.1) is 0 Å². The zero-order valence-electron chi connectivity index (χ0n) is 13.5. The lowest BCUT2D eigenvalue weighted by atomic mass is 10.0. The highest BCUT2D eigenvalue weighted by Crippen LogP contribution is 2.26. The summed E-state index contributed by atoms with van der Waals surface area (Å²) in [6, 6.07) is 7.32. The second-order valence-corrected chi connectivity index (χ2v) is 5.64. The second kappa shape index (κ2) is 6.86. The van der Waals surface area contributed by atoms with Crippen molar-refractivity contribution in [3.05, 3.63) is 57.8 Å². The maximum Gasteiger partial charge on any atom is 0.261 e. The van der Waals surface area contributed by atoms with Crippen molar-refractivity contribution in [1.29, 1.82) is 0 Å². The second-order valence-electron chi connectivity index (χ2n) is 5.64. The highest BCUT2D eigenvalue weighted by atomic mass is 19.1. The van der Waals surface area contributed by atoms with Crippen molar-refractivity contribution >= 4 is 11.6 Å². The molecular formula is C18H19FN2O3. The summed E-state index contributed by atoms with van der Waals surface area (Å²) in [4.78, 5) is 25.0. The van der Waals surface area contributed by atoms with Crippen molar-refractivity contribution < 1.29 is 13.9 Å². The third-order valence-corrected chi connectivity index (χ3v) is 4.08. The number of para-hydroxylation sites is 1. The van der Waals surface area contributed by atoms with E-state index >= 15 is 0 Å². The molecule has 0 saturated carbocycles. The van der Waals surface area contributed by atoms with Crippen LogP contribution in [0.2, 0.25) is 0 Å². The van der Waals surface area contributed by atoms with Crippen LogP contribution in [0.1, 0.15) is 35.8 Å². The molecule has 0 atom stereocenters. The molecule has 2 heterocycles. The van der Waals surface area contributed by atoms with Crippen molar-refractivity contribution in [3.63, 3.8) is 0 Å². The van der Waals surface area contributed by atoms with Crippen LogP contribution in [0.4, 0.5) is 10.1 Å². The third-order valence-electron chi connectivity index (χ3n) is 4.08. The smallest absolute Gasteiger partial charge is 0.261 e. The van der Waals surface area contributed by atoms with E-state index in [2.05, 4.69) is 5.32 Å². The molecule has 1 aromatic heterocycles. The molecule has 5 nitrogen and oxygen atoms in total. The van der Waals surface area contributed by atoms with Crippen LogP contribution in [0.3, 0.4) is 0 Å². The number of halogens is 1. The molecule has 0 fully saturated rings. The van der Waals surface area contributed by atoms with Gasteiger partial charge in [0.2, 0.25) is 0 Å². The van der Waals surface area contributed by atoms with E-state index in [4.69, 9.17) is 4.74 Å². The molecule has 1 aliphatic rings. The third kappa shape index (κ3) is 3.04. The number of pyridine rings is 1. The molecule has 24 heavy (non-hydrogen) atoms. The van der Waals surface area contributed by atoms with E-state index in [-0.39, 0.29) is 17.0 Å². The molecule has 1 amide bonds. The highest BCUT2D eigenvalue weighted by molar-refractivity contribution is 6.07. The monoisotopic (exact) mass is 330 g/mol. The molecule has 0 saturated heterocycles. The van der Waals surface area contributed by atoms with E-state index in [0.717, 1.165) is 12.8 Å². The van der Waals surface area contributed by atoms with E-state index in [0.29, 0.717) is 30.8 Å². The number of hydrogen-bond donors (Lipinski definition) is 1. The molecule has 6 heteroatoms. The average molecular weight is 330 g/mol. The molecule has 1 aliphatic heterocycles. The van der Waals surface area contributed by atoms with Crippen LogP contribution in [0.5, 0.6) is 5.75 Å². The average Bonchev–Trinajstić information content (AvgIpc) is 2.57. The Morgan fingerprint density at radius 1 is 1.33 bits per heavy atom. The van der Waals surface area contributed by atoms with Gasteiger partial charge < -0.3 is 14.6 Å². The van der Waals surface area contributed by atoms with Crippen molar-refractivity contribution in [2.24, 2.45) is 0 Å². The van der Waals surface area contributed by atoms with Crippen LogP contribution in [-0.2, 0) is 13.0 Å². The molecule has 0 unspecified atom stereocenters. The first-order chi connectivity index (χ1) is 11.6. The van der Waals surface area contributed by atoms with Crippen LogP contribution in [-0.4, -0.2) is 17.1 Å². The SMILES string of the molecule is CCOc1cc(=O)n2c(c1C(=O)Nc1ccccc1F)CCCC2. The van der Waals surface area contributed by atoms with Gasteiger partial charge in [0, 0.05) is 18.3 Å². The first kappa shape index (κ1) is 16.2. The van der Waals surface area contributed by atoms with Gasteiger partial charge in [0.1, 0.15) is 17.1 Å². The standard InChI is InChI=1S/C18H19FN2O3/c1-2-24-15-11-16(22)21-10-6-5-9-14(21)17(15)18(23)20-13-8-4-3-7-12(13)19/h3-4,7-8,11H,2,5-6,9-10H2,1H3,(H,20,23). The minimum Gasteiger partial charge on any atom is -0.493 e. The fourth-order valence-corrected chi connectivity index (χ4v) is 3.00. The fraction of sp³-hybridized carbons (Fsp3) is 0.333. The maximum atomic E-state index is 13.8. The van der Waals surface area contributed by atoms with E-state index in [1.165, 1.54) is 18.2 Å². The Kier molecular flexibility index (Phi) is 4.64. The van der Waals surface area contributed by atoms with Crippen LogP contribution in [0.25, 0.3) is 0 Å². The summed E-state index contributed by atoms with van der Waals surface area (Å²) in [6.07, 6.45) is 2.42. The summed E-state index contributed by atoms with van der Waals surface area (Å²) in [5.41, 5.74) is 0.909. The summed E-state index contributed by atoms with van der Waals surface area (Å²) >= 11 is 0. The Labute approximate surface area is 139 Å². The number of anilines is 1. The zero-order valence-corrected chi connectivity index (χ0v) is 13.5. The quantitative estimate of drug-likeness (QED) is 0.937. The summed E-state index contributed by atoms with van der Waals surface area (Å²) in [5, 5.41) is 2.59. The number of carbonyl (C=O) groups excluding carboxylic acids is 1. The normalized spacial score (nSPS) is 13.2. The zero-order chi connectivity index (χ0) is 17.1. The molecule has 0 aliphatic carbocycles. The van der Waals surface area contributed by atoms with Gasteiger partial charge in [-0.25, -0.2) is 4.39 Å². The molecule has 0 bridgehead atoms. The fourth-order valence-electron chi connectivity index (χ4n) is 3.00. The minimum atomic E-state index is -0.509. The number of rotatable bonds is 4. The molecule has 126 valence electrons. The summed E-state index contributed by atoms with van der Waals surface area (Å²) in [5.74, 6) is -0.718. The predicted molar refractivity (Wildman–Crippen MR) is 89.2 cm³/mol. The van der Waals surface area contributed by atoms with Crippen LogP contribution < -0.4 is 15.6 Å². The molecular weight excluding hydrogens is 311 g/mol. The van der Waals surface area contributed by atoms with Gasteiger partial charge in [0.05, 0.1) is 12.3 Å². The van der Waals surface area contributed by atoms with Crippen molar-refractivity contribution in [2.45, 2.75) is 32.7 Å². The lowest BCUT2D eigenvalue weighted by molar-refractivity contribution is 0.102. The Morgan fingerprint density at radius 2 is 2.12 bits per heavy atom. The van der Waals surface area contributed by atoms with Gasteiger partial charge in [-0.05, 0) is 38.3 Å². The minimum absolute atomic E-state index is 0.103. The Morgan fingerprint density at radius 3 is 2.88 bits per heavy atom. The number of aromatic nitrogens is 1. The Bertz CT molecular complexity index is 829. The summed E-state index contributed by atoms with van der Waals surface area (Å²) < 4.78 is 20.9. The lowest BCUT2D eigenvalue weighted by Gasteiger charge is -2.23. The lowest BCUT2D eigenvalue weighted by Crippen LogP contribution is -2.31. The number of carbonyl (C=O) groups is 1. The molecule has 1 N–H and O–H groups in total. The van der Waals surface area contributed by atoms with Gasteiger partial charge >= 0.3 is 0 Å².